The molecule has 1 aromatic heterocycles. The standard InChI is InChI=1S/C14H13N3O2/c1-9-4-3-5-11-12(9)17(14(19)13(11)18)8-10-6-7-16(2)15-10/h3-7H,8H2,1-2H3. The molecule has 2 aromatic rings. The summed E-state index contributed by atoms with van der Waals surface area (Å²) >= 11 is 0. The van der Waals surface area contributed by atoms with Crippen LogP contribution in [0.25, 0.3) is 0 Å². The number of hydrogen-bond acceptors (Lipinski definition) is 3. The van der Waals surface area contributed by atoms with Crippen LogP contribution in [-0.4, -0.2) is 21.5 Å². The van der Waals surface area contributed by atoms with Crippen molar-refractivity contribution in [1.82, 2.24) is 9.78 Å². The number of hydrogen-bond donors (Lipinski definition) is 0. The van der Waals surface area contributed by atoms with E-state index < -0.39 is 11.7 Å². The smallest absolute Gasteiger partial charge is 0.298 e. The highest BCUT2D eigenvalue weighted by atomic mass is 16.2. The summed E-state index contributed by atoms with van der Waals surface area (Å²) < 4.78 is 1.68. The summed E-state index contributed by atoms with van der Waals surface area (Å²) in [6.07, 6.45) is 1.82. The van der Waals surface area contributed by atoms with E-state index in [4.69, 9.17) is 0 Å². The van der Waals surface area contributed by atoms with Gasteiger partial charge in [-0.1, -0.05) is 12.1 Å². The summed E-state index contributed by atoms with van der Waals surface area (Å²) in [4.78, 5) is 25.5. The van der Waals surface area contributed by atoms with Crippen molar-refractivity contribution in [2.45, 2.75) is 13.5 Å². The van der Waals surface area contributed by atoms with Gasteiger partial charge in [-0.25, -0.2) is 0 Å². The number of nitrogens with zero attached hydrogens (tertiary/aromatic N) is 3. The van der Waals surface area contributed by atoms with Crippen LogP contribution in [0, 0.1) is 6.92 Å². The third kappa shape index (κ3) is 1.74. The molecule has 1 amide bonds. The number of rotatable bonds is 2. The van der Waals surface area contributed by atoms with Gasteiger partial charge in [0.1, 0.15) is 0 Å². The van der Waals surface area contributed by atoms with Gasteiger partial charge in [-0.3, -0.25) is 19.2 Å². The fourth-order valence-electron chi connectivity index (χ4n) is 2.40. The topological polar surface area (TPSA) is 55.2 Å². The lowest BCUT2D eigenvalue weighted by Crippen LogP contribution is -2.29. The van der Waals surface area contributed by atoms with Crippen LogP contribution >= 0.6 is 0 Å². The zero-order chi connectivity index (χ0) is 13.6. The van der Waals surface area contributed by atoms with E-state index >= 15 is 0 Å². The Morgan fingerprint density at radius 1 is 1.21 bits per heavy atom. The molecular weight excluding hydrogens is 242 g/mol. The number of para-hydroxylation sites is 1. The Hall–Kier alpha value is -2.43. The normalized spacial score (nSPS) is 14.1. The molecule has 0 saturated heterocycles. The minimum atomic E-state index is -0.477. The van der Waals surface area contributed by atoms with E-state index in [0.717, 1.165) is 11.3 Å². The number of carbonyl (C=O) groups excluding carboxylic acids is 2. The molecular formula is C14H13N3O2. The maximum atomic E-state index is 12.1. The minimum Gasteiger partial charge on any atom is -0.298 e. The van der Waals surface area contributed by atoms with Gasteiger partial charge >= 0.3 is 0 Å². The molecule has 0 radical (unpaired) electrons. The summed E-state index contributed by atoms with van der Waals surface area (Å²) in [5.41, 5.74) is 2.89. The van der Waals surface area contributed by atoms with E-state index in [0.29, 0.717) is 17.8 Å². The molecule has 0 bridgehead atoms. The van der Waals surface area contributed by atoms with Crippen molar-refractivity contribution in [1.29, 1.82) is 0 Å². The first kappa shape index (κ1) is 11.6. The fourth-order valence-corrected chi connectivity index (χ4v) is 2.40. The summed E-state index contributed by atoms with van der Waals surface area (Å²) in [6, 6.07) is 7.23. The highest BCUT2D eigenvalue weighted by Gasteiger charge is 2.36. The molecule has 5 heteroatoms. The zero-order valence-electron chi connectivity index (χ0n) is 10.8. The molecule has 19 heavy (non-hydrogen) atoms. The first-order chi connectivity index (χ1) is 9.08. The number of aryl methyl sites for hydroxylation is 2. The predicted octanol–water partition coefficient (Wildman–Crippen LogP) is 1.46. The van der Waals surface area contributed by atoms with Crippen molar-refractivity contribution in [3.63, 3.8) is 0 Å². The quantitative estimate of drug-likeness (QED) is 0.763. The Labute approximate surface area is 110 Å². The molecule has 0 fully saturated rings. The fraction of sp³-hybridized carbons (Fsp3) is 0.214. The molecule has 0 spiro atoms. The van der Waals surface area contributed by atoms with Crippen LogP contribution in [0.1, 0.15) is 21.6 Å². The molecule has 1 aromatic carbocycles. The Morgan fingerprint density at radius 3 is 2.68 bits per heavy atom. The second kappa shape index (κ2) is 4.05. The van der Waals surface area contributed by atoms with Gasteiger partial charge in [0, 0.05) is 13.2 Å². The molecule has 2 heterocycles. The summed E-state index contributed by atoms with van der Waals surface area (Å²) in [5, 5.41) is 4.25. The largest absolute Gasteiger partial charge is 0.299 e. The number of amides is 1. The van der Waals surface area contributed by atoms with Gasteiger partial charge in [-0.15, -0.1) is 0 Å². The van der Waals surface area contributed by atoms with Crippen LogP contribution in [0.4, 0.5) is 5.69 Å². The molecule has 5 nitrogen and oxygen atoms in total. The number of ketones is 1. The third-order valence-electron chi connectivity index (χ3n) is 3.28. The van der Waals surface area contributed by atoms with Crippen molar-refractivity contribution >= 4 is 17.4 Å². The van der Waals surface area contributed by atoms with Crippen molar-refractivity contribution in [2.24, 2.45) is 7.05 Å². The molecule has 96 valence electrons. The number of Topliss-reactive ketones (excluding diaryl/α,β-unsaturated/α-hetero) is 1. The van der Waals surface area contributed by atoms with Crippen LogP contribution in [0.15, 0.2) is 30.5 Å². The van der Waals surface area contributed by atoms with Crippen molar-refractivity contribution in [2.75, 3.05) is 4.90 Å². The van der Waals surface area contributed by atoms with Crippen LogP contribution in [-0.2, 0) is 18.4 Å². The number of aromatic nitrogens is 2. The zero-order valence-corrected chi connectivity index (χ0v) is 10.8. The second-order valence-corrected chi connectivity index (χ2v) is 4.67. The lowest BCUT2D eigenvalue weighted by molar-refractivity contribution is -0.114. The van der Waals surface area contributed by atoms with E-state index in [9.17, 15) is 9.59 Å². The third-order valence-corrected chi connectivity index (χ3v) is 3.28. The Bertz CT molecular complexity index is 688. The van der Waals surface area contributed by atoms with Gasteiger partial charge in [0.25, 0.3) is 11.7 Å². The van der Waals surface area contributed by atoms with Gasteiger partial charge in [0.05, 0.1) is 23.5 Å². The van der Waals surface area contributed by atoms with Gasteiger partial charge in [0.2, 0.25) is 0 Å². The number of carbonyl (C=O) groups is 2. The van der Waals surface area contributed by atoms with Crippen molar-refractivity contribution < 1.29 is 9.59 Å². The van der Waals surface area contributed by atoms with Gasteiger partial charge in [0.15, 0.2) is 0 Å². The lowest BCUT2D eigenvalue weighted by Gasteiger charge is -2.16. The van der Waals surface area contributed by atoms with Crippen molar-refractivity contribution in [3.8, 4) is 0 Å². The SMILES string of the molecule is Cc1cccc2c1N(Cc1ccn(C)n1)C(=O)C2=O. The average molecular weight is 255 g/mol. The summed E-state index contributed by atoms with van der Waals surface area (Å²) in [5.74, 6) is -0.912. The Balaban J connectivity index is 2.04. The molecule has 3 rings (SSSR count). The van der Waals surface area contributed by atoms with Crippen LogP contribution < -0.4 is 4.90 Å². The van der Waals surface area contributed by atoms with Crippen LogP contribution in [0.2, 0.25) is 0 Å². The number of anilines is 1. The maximum absolute atomic E-state index is 12.1. The monoisotopic (exact) mass is 255 g/mol. The van der Waals surface area contributed by atoms with Crippen LogP contribution in [0.5, 0.6) is 0 Å². The van der Waals surface area contributed by atoms with E-state index in [1.54, 1.807) is 16.8 Å². The summed E-state index contributed by atoms with van der Waals surface area (Å²) in [6.45, 7) is 2.22. The average Bonchev–Trinajstić information content (AvgIpc) is 2.89. The number of fused-ring (bicyclic) bond motifs is 1. The van der Waals surface area contributed by atoms with E-state index in [-0.39, 0.29) is 0 Å². The predicted molar refractivity (Wildman–Crippen MR) is 69.9 cm³/mol. The molecule has 1 aliphatic rings. The molecule has 0 N–H and O–H groups in total. The molecule has 0 unspecified atom stereocenters. The van der Waals surface area contributed by atoms with E-state index in [1.165, 1.54) is 4.90 Å². The first-order valence-electron chi connectivity index (χ1n) is 6.02. The molecule has 1 aliphatic heterocycles. The highest BCUT2D eigenvalue weighted by molar-refractivity contribution is 6.52. The minimum absolute atomic E-state index is 0.323. The van der Waals surface area contributed by atoms with Gasteiger partial charge in [-0.05, 0) is 24.6 Å². The Kier molecular flexibility index (Phi) is 2.48. The lowest BCUT2D eigenvalue weighted by atomic mass is 10.1. The van der Waals surface area contributed by atoms with E-state index in [1.807, 2.05) is 32.3 Å². The van der Waals surface area contributed by atoms with Crippen molar-refractivity contribution in [3.05, 3.63) is 47.3 Å². The maximum Gasteiger partial charge on any atom is 0.299 e. The number of benzene rings is 1. The van der Waals surface area contributed by atoms with Gasteiger partial charge < -0.3 is 0 Å². The van der Waals surface area contributed by atoms with Gasteiger partial charge in [-0.2, -0.15) is 5.10 Å². The Morgan fingerprint density at radius 2 is 2.00 bits per heavy atom. The molecule has 0 atom stereocenters. The molecule has 0 saturated carbocycles. The second-order valence-electron chi connectivity index (χ2n) is 4.67. The van der Waals surface area contributed by atoms with E-state index in [2.05, 4.69) is 5.10 Å². The highest BCUT2D eigenvalue weighted by Crippen LogP contribution is 2.33. The molecule has 0 aliphatic carbocycles. The summed E-state index contributed by atoms with van der Waals surface area (Å²) in [7, 11) is 1.82. The van der Waals surface area contributed by atoms with Crippen LogP contribution in [0.3, 0.4) is 0 Å². The first-order valence-corrected chi connectivity index (χ1v) is 6.02.